The van der Waals surface area contributed by atoms with E-state index in [9.17, 15) is 9.59 Å². The zero-order chi connectivity index (χ0) is 21.1. The second-order valence-electron chi connectivity index (χ2n) is 8.31. The molecule has 0 radical (unpaired) electrons. The summed E-state index contributed by atoms with van der Waals surface area (Å²) in [4.78, 5) is 29.9. The Morgan fingerprint density at radius 2 is 1.80 bits per heavy atom. The largest absolute Gasteiger partial charge is 0.338 e. The first-order chi connectivity index (χ1) is 14.5. The van der Waals surface area contributed by atoms with Crippen molar-refractivity contribution in [2.45, 2.75) is 37.9 Å². The van der Waals surface area contributed by atoms with Crippen molar-refractivity contribution in [3.8, 4) is 0 Å². The molecule has 1 N–H and O–H groups in total. The van der Waals surface area contributed by atoms with E-state index < -0.39 is 5.66 Å². The van der Waals surface area contributed by atoms with Crippen molar-refractivity contribution in [3.63, 3.8) is 0 Å². The predicted octanol–water partition coefficient (Wildman–Crippen LogP) is 3.16. The first-order valence-corrected chi connectivity index (χ1v) is 10.6. The Kier molecular flexibility index (Phi) is 5.73. The van der Waals surface area contributed by atoms with Gasteiger partial charge in [0, 0.05) is 38.0 Å². The Labute approximate surface area is 178 Å². The second-order valence-corrected chi connectivity index (χ2v) is 8.31. The second kappa shape index (κ2) is 8.44. The van der Waals surface area contributed by atoms with Gasteiger partial charge in [-0.15, -0.1) is 6.58 Å². The maximum atomic E-state index is 13.2. The van der Waals surface area contributed by atoms with Crippen LogP contribution in [-0.2, 0) is 11.2 Å². The van der Waals surface area contributed by atoms with E-state index in [-0.39, 0.29) is 17.9 Å². The minimum atomic E-state index is -0.408. The standard InChI is InChI=1S/C25H29N3O2/c1-3-15-28-24(30)22(18-20-7-5-4-6-8-20)26-25(28)13-16-27(17-14-25)23(29)21-11-9-19(2)10-12-21/h3-12,22,26H,1,13-18H2,2H3. The zero-order valence-corrected chi connectivity index (χ0v) is 17.5. The smallest absolute Gasteiger partial charge is 0.253 e. The van der Waals surface area contributed by atoms with Crippen molar-refractivity contribution in [1.29, 1.82) is 0 Å². The average Bonchev–Trinajstić information content (AvgIpc) is 3.01. The molecule has 0 aliphatic carbocycles. The minimum Gasteiger partial charge on any atom is -0.338 e. The summed E-state index contributed by atoms with van der Waals surface area (Å²) in [5.41, 5.74) is 2.60. The van der Waals surface area contributed by atoms with Crippen molar-refractivity contribution in [2.75, 3.05) is 19.6 Å². The molecule has 1 unspecified atom stereocenters. The molecule has 5 nitrogen and oxygen atoms in total. The van der Waals surface area contributed by atoms with Crippen LogP contribution in [0.15, 0.2) is 67.3 Å². The van der Waals surface area contributed by atoms with Gasteiger partial charge < -0.3 is 9.80 Å². The number of carbonyl (C=O) groups excluding carboxylic acids is 2. The molecule has 156 valence electrons. The number of aryl methyl sites for hydroxylation is 1. The third-order valence-corrected chi connectivity index (χ3v) is 6.29. The first kappa shape index (κ1) is 20.4. The lowest BCUT2D eigenvalue weighted by Gasteiger charge is -2.44. The molecule has 0 bridgehead atoms. The summed E-state index contributed by atoms with van der Waals surface area (Å²) in [7, 11) is 0. The molecule has 2 aliphatic heterocycles. The number of piperidine rings is 1. The number of hydrogen-bond donors (Lipinski definition) is 1. The van der Waals surface area contributed by atoms with Crippen LogP contribution in [0.1, 0.15) is 34.3 Å². The molecule has 1 atom stereocenters. The lowest BCUT2D eigenvalue weighted by Crippen LogP contribution is -2.59. The molecular formula is C25H29N3O2. The van der Waals surface area contributed by atoms with Crippen molar-refractivity contribution in [1.82, 2.24) is 15.1 Å². The quantitative estimate of drug-likeness (QED) is 0.781. The highest BCUT2D eigenvalue weighted by atomic mass is 16.2. The Morgan fingerprint density at radius 1 is 1.13 bits per heavy atom. The van der Waals surface area contributed by atoms with E-state index in [4.69, 9.17) is 0 Å². The van der Waals surface area contributed by atoms with Crippen LogP contribution in [0.3, 0.4) is 0 Å². The molecule has 2 fully saturated rings. The van der Waals surface area contributed by atoms with Crippen LogP contribution in [-0.4, -0.2) is 53.0 Å². The van der Waals surface area contributed by atoms with Gasteiger partial charge in [-0.3, -0.25) is 14.9 Å². The average molecular weight is 404 g/mol. The zero-order valence-electron chi connectivity index (χ0n) is 17.5. The van der Waals surface area contributed by atoms with E-state index >= 15 is 0 Å². The van der Waals surface area contributed by atoms with Crippen molar-refractivity contribution in [2.24, 2.45) is 0 Å². The maximum Gasteiger partial charge on any atom is 0.253 e. The molecule has 4 rings (SSSR count). The van der Waals surface area contributed by atoms with Crippen LogP contribution in [0.5, 0.6) is 0 Å². The van der Waals surface area contributed by atoms with Gasteiger partial charge in [-0.2, -0.15) is 0 Å². The van der Waals surface area contributed by atoms with Gasteiger partial charge in [0.15, 0.2) is 0 Å². The summed E-state index contributed by atoms with van der Waals surface area (Å²) >= 11 is 0. The number of benzene rings is 2. The van der Waals surface area contributed by atoms with Crippen LogP contribution < -0.4 is 5.32 Å². The van der Waals surface area contributed by atoms with Gasteiger partial charge in [0.05, 0.1) is 11.7 Å². The SMILES string of the molecule is C=CCN1C(=O)C(Cc2ccccc2)NC12CCN(C(=O)c1ccc(C)cc1)CC2. The van der Waals surface area contributed by atoms with E-state index in [1.165, 1.54) is 0 Å². The van der Waals surface area contributed by atoms with Gasteiger partial charge >= 0.3 is 0 Å². The Hall–Kier alpha value is -2.92. The number of likely N-dealkylation sites (tertiary alicyclic amines) is 1. The molecule has 2 aromatic rings. The molecular weight excluding hydrogens is 374 g/mol. The minimum absolute atomic E-state index is 0.0604. The fourth-order valence-electron chi connectivity index (χ4n) is 4.62. The van der Waals surface area contributed by atoms with Gasteiger partial charge in [0.1, 0.15) is 0 Å². The molecule has 2 amide bonds. The van der Waals surface area contributed by atoms with Crippen LogP contribution in [0.25, 0.3) is 0 Å². The number of amides is 2. The Balaban J connectivity index is 1.47. The molecule has 2 aliphatic rings. The van der Waals surface area contributed by atoms with Crippen LogP contribution in [0.4, 0.5) is 0 Å². The topological polar surface area (TPSA) is 52.7 Å². The number of carbonyl (C=O) groups is 2. The van der Waals surface area contributed by atoms with Crippen LogP contribution in [0, 0.1) is 6.92 Å². The summed E-state index contributed by atoms with van der Waals surface area (Å²) < 4.78 is 0. The molecule has 0 saturated carbocycles. The fraction of sp³-hybridized carbons (Fsp3) is 0.360. The van der Waals surface area contributed by atoms with E-state index in [1.807, 2.05) is 59.2 Å². The van der Waals surface area contributed by atoms with Gasteiger partial charge in [-0.1, -0.05) is 54.1 Å². The molecule has 2 aromatic carbocycles. The molecule has 2 saturated heterocycles. The highest BCUT2D eigenvalue weighted by Gasteiger charge is 2.51. The summed E-state index contributed by atoms with van der Waals surface area (Å²) in [6, 6.07) is 17.6. The fourth-order valence-corrected chi connectivity index (χ4v) is 4.62. The summed E-state index contributed by atoms with van der Waals surface area (Å²) in [5, 5.41) is 3.64. The summed E-state index contributed by atoms with van der Waals surface area (Å²) in [6.45, 7) is 7.63. The maximum absolute atomic E-state index is 13.2. The summed E-state index contributed by atoms with van der Waals surface area (Å²) in [6.07, 6.45) is 3.89. The number of hydrogen-bond acceptors (Lipinski definition) is 3. The highest BCUT2D eigenvalue weighted by molar-refractivity contribution is 5.94. The number of rotatable bonds is 5. The first-order valence-electron chi connectivity index (χ1n) is 10.6. The van der Waals surface area contributed by atoms with Gasteiger partial charge in [-0.05, 0) is 31.0 Å². The molecule has 5 heteroatoms. The predicted molar refractivity (Wildman–Crippen MR) is 118 cm³/mol. The lowest BCUT2D eigenvalue weighted by atomic mass is 9.95. The third kappa shape index (κ3) is 3.90. The van der Waals surface area contributed by atoms with Gasteiger partial charge in [0.2, 0.25) is 5.91 Å². The van der Waals surface area contributed by atoms with Gasteiger partial charge in [-0.25, -0.2) is 0 Å². The van der Waals surface area contributed by atoms with E-state index in [0.717, 1.165) is 29.5 Å². The molecule has 0 aromatic heterocycles. The normalized spacial score (nSPS) is 20.6. The van der Waals surface area contributed by atoms with Crippen molar-refractivity contribution < 1.29 is 9.59 Å². The van der Waals surface area contributed by atoms with E-state index in [0.29, 0.717) is 26.1 Å². The van der Waals surface area contributed by atoms with E-state index in [1.54, 1.807) is 6.08 Å². The van der Waals surface area contributed by atoms with Crippen molar-refractivity contribution in [3.05, 3.63) is 83.9 Å². The van der Waals surface area contributed by atoms with Crippen molar-refractivity contribution >= 4 is 11.8 Å². The van der Waals surface area contributed by atoms with Crippen LogP contribution >= 0.6 is 0 Å². The Morgan fingerprint density at radius 3 is 2.43 bits per heavy atom. The molecule has 30 heavy (non-hydrogen) atoms. The monoisotopic (exact) mass is 403 g/mol. The van der Waals surface area contributed by atoms with E-state index in [2.05, 4.69) is 24.0 Å². The lowest BCUT2D eigenvalue weighted by molar-refractivity contribution is -0.132. The Bertz CT molecular complexity index is 915. The molecule has 2 heterocycles. The number of nitrogens with one attached hydrogen (secondary N) is 1. The summed E-state index contributed by atoms with van der Waals surface area (Å²) in [5.74, 6) is 0.183. The highest BCUT2D eigenvalue weighted by Crippen LogP contribution is 2.33. The van der Waals surface area contributed by atoms with Crippen LogP contribution in [0.2, 0.25) is 0 Å². The molecule has 1 spiro atoms. The third-order valence-electron chi connectivity index (χ3n) is 6.29. The number of nitrogens with zero attached hydrogens (tertiary/aromatic N) is 2. The van der Waals surface area contributed by atoms with Gasteiger partial charge in [0.25, 0.3) is 5.91 Å².